The molecule has 5 nitrogen and oxygen atoms in total. The Balaban J connectivity index is 2.01. The Morgan fingerprint density at radius 2 is 1.62 bits per heavy atom. The molecule has 1 atom stereocenters. The number of nitrogens with zero attached hydrogens (tertiary/aromatic N) is 2. The van der Waals surface area contributed by atoms with Gasteiger partial charge >= 0.3 is 6.18 Å². The molecule has 0 saturated carbocycles. The minimum absolute atomic E-state index is 0.168. The Morgan fingerprint density at radius 1 is 1.04 bits per heavy atom. The van der Waals surface area contributed by atoms with Gasteiger partial charge in [-0.2, -0.15) is 18.3 Å². The van der Waals surface area contributed by atoms with E-state index in [-0.39, 0.29) is 10.6 Å². The molecular weight excluding hydrogens is 374 g/mol. The molecule has 0 radical (unpaired) electrons. The number of nitrogens with two attached hydrogens (primary N) is 1. The number of primary sulfonamides is 1. The van der Waals surface area contributed by atoms with Gasteiger partial charge in [0.2, 0.25) is 10.0 Å². The average Bonchev–Trinajstić information content (AvgIpc) is 3.00. The van der Waals surface area contributed by atoms with Crippen LogP contribution in [0.2, 0.25) is 0 Å². The predicted molar refractivity (Wildman–Crippen MR) is 87.5 cm³/mol. The molecule has 0 bridgehead atoms. The van der Waals surface area contributed by atoms with Crippen molar-refractivity contribution in [2.75, 3.05) is 5.01 Å². The molecule has 2 aromatic carbocycles. The monoisotopic (exact) mass is 387 g/mol. The largest absolute Gasteiger partial charge is 0.431 e. The fourth-order valence-electron chi connectivity index (χ4n) is 2.65. The Kier molecular flexibility index (Phi) is 4.49. The zero-order valence-corrected chi connectivity index (χ0v) is 13.9. The Bertz CT molecular complexity index is 939. The SMILES string of the molecule is NS(=O)(=O)c1ccc(N2N=C(C(F)(F)F)C[C@@H]2c2ccc(F)cc2)cc1. The zero-order chi connectivity index (χ0) is 19.1. The van der Waals surface area contributed by atoms with Gasteiger partial charge in [-0.25, -0.2) is 17.9 Å². The number of hydrogen-bond acceptors (Lipinski definition) is 4. The normalized spacial score (nSPS) is 18.1. The van der Waals surface area contributed by atoms with Crippen LogP contribution in [0, 0.1) is 5.82 Å². The quantitative estimate of drug-likeness (QED) is 0.821. The van der Waals surface area contributed by atoms with Crippen LogP contribution in [-0.2, 0) is 10.0 Å². The van der Waals surface area contributed by atoms with E-state index in [9.17, 15) is 26.0 Å². The fraction of sp³-hybridized carbons (Fsp3) is 0.188. The molecule has 1 aliphatic rings. The van der Waals surface area contributed by atoms with Crippen LogP contribution in [0.1, 0.15) is 18.0 Å². The Labute approximate surface area is 146 Å². The van der Waals surface area contributed by atoms with Crippen molar-refractivity contribution >= 4 is 21.4 Å². The lowest BCUT2D eigenvalue weighted by atomic mass is 10.0. The highest BCUT2D eigenvalue weighted by Crippen LogP contribution is 2.39. The fourth-order valence-corrected chi connectivity index (χ4v) is 3.17. The first-order valence-electron chi connectivity index (χ1n) is 7.38. The second kappa shape index (κ2) is 6.36. The van der Waals surface area contributed by atoms with Gasteiger partial charge in [0.25, 0.3) is 0 Å². The van der Waals surface area contributed by atoms with Gasteiger partial charge in [-0.15, -0.1) is 0 Å². The van der Waals surface area contributed by atoms with Gasteiger partial charge in [0, 0.05) is 6.42 Å². The summed E-state index contributed by atoms with van der Waals surface area (Å²) in [5.74, 6) is -0.507. The number of benzene rings is 2. The van der Waals surface area contributed by atoms with Gasteiger partial charge < -0.3 is 0 Å². The third-order valence-corrected chi connectivity index (χ3v) is 4.85. The summed E-state index contributed by atoms with van der Waals surface area (Å²) >= 11 is 0. The summed E-state index contributed by atoms with van der Waals surface area (Å²) < 4.78 is 75.1. The number of hydrogen-bond donors (Lipinski definition) is 1. The van der Waals surface area contributed by atoms with Crippen LogP contribution >= 0.6 is 0 Å². The van der Waals surface area contributed by atoms with E-state index in [1.807, 2.05) is 0 Å². The smallest absolute Gasteiger partial charge is 0.257 e. The summed E-state index contributed by atoms with van der Waals surface area (Å²) in [4.78, 5) is -0.168. The lowest BCUT2D eigenvalue weighted by molar-refractivity contribution is -0.0600. The third kappa shape index (κ3) is 3.70. The van der Waals surface area contributed by atoms with Crippen molar-refractivity contribution in [2.24, 2.45) is 10.2 Å². The number of rotatable bonds is 3. The van der Waals surface area contributed by atoms with E-state index in [4.69, 9.17) is 5.14 Å². The van der Waals surface area contributed by atoms with Crippen molar-refractivity contribution in [1.82, 2.24) is 0 Å². The maximum Gasteiger partial charge on any atom is 0.431 e. The van der Waals surface area contributed by atoms with Crippen LogP contribution in [-0.4, -0.2) is 20.3 Å². The first-order valence-corrected chi connectivity index (χ1v) is 8.92. The molecule has 2 aromatic rings. The van der Waals surface area contributed by atoms with Crippen LogP contribution in [0.25, 0.3) is 0 Å². The molecule has 0 spiro atoms. The Hall–Kier alpha value is -2.46. The predicted octanol–water partition coefficient (Wildman–Crippen LogP) is 3.34. The molecule has 0 saturated heterocycles. The highest BCUT2D eigenvalue weighted by molar-refractivity contribution is 7.89. The molecule has 0 unspecified atom stereocenters. The van der Waals surface area contributed by atoms with Gasteiger partial charge in [0.1, 0.15) is 11.5 Å². The maximum atomic E-state index is 13.1. The van der Waals surface area contributed by atoms with Crippen LogP contribution in [0.15, 0.2) is 58.5 Å². The molecule has 0 fully saturated rings. The molecule has 0 aromatic heterocycles. The lowest BCUT2D eigenvalue weighted by Crippen LogP contribution is -2.21. The van der Waals surface area contributed by atoms with Gasteiger partial charge in [-0.3, -0.25) is 5.01 Å². The number of alkyl halides is 3. The van der Waals surface area contributed by atoms with Crippen molar-refractivity contribution in [2.45, 2.75) is 23.5 Å². The first-order chi connectivity index (χ1) is 12.1. The highest BCUT2D eigenvalue weighted by Gasteiger charge is 2.43. The van der Waals surface area contributed by atoms with E-state index < -0.39 is 40.2 Å². The second-order valence-electron chi connectivity index (χ2n) is 5.70. The number of hydrazone groups is 1. The summed E-state index contributed by atoms with van der Waals surface area (Å²) in [6.07, 6.45) is -5.01. The van der Waals surface area contributed by atoms with Crippen LogP contribution in [0.5, 0.6) is 0 Å². The Morgan fingerprint density at radius 3 is 2.12 bits per heavy atom. The number of sulfonamides is 1. The van der Waals surface area contributed by atoms with E-state index in [0.29, 0.717) is 5.56 Å². The summed E-state index contributed by atoms with van der Waals surface area (Å²) in [7, 11) is -3.92. The van der Waals surface area contributed by atoms with E-state index in [1.165, 1.54) is 36.4 Å². The van der Waals surface area contributed by atoms with Crippen molar-refractivity contribution in [3.63, 3.8) is 0 Å². The van der Waals surface area contributed by atoms with Gasteiger partial charge in [0.15, 0.2) is 0 Å². The molecule has 2 N–H and O–H groups in total. The standard InChI is InChI=1S/C16H13F4N3O2S/c17-11-3-1-10(2-4-11)14-9-15(16(18,19)20)22-23(14)12-5-7-13(8-6-12)26(21,24)25/h1-8,14H,9H2,(H2,21,24,25)/t14-/m1/s1. The topological polar surface area (TPSA) is 75.8 Å². The van der Waals surface area contributed by atoms with Crippen molar-refractivity contribution < 1.29 is 26.0 Å². The van der Waals surface area contributed by atoms with Crippen molar-refractivity contribution in [3.05, 3.63) is 59.9 Å². The minimum atomic E-state index is -4.60. The zero-order valence-electron chi connectivity index (χ0n) is 13.1. The van der Waals surface area contributed by atoms with Crippen molar-refractivity contribution in [1.29, 1.82) is 0 Å². The number of anilines is 1. The second-order valence-corrected chi connectivity index (χ2v) is 7.26. The average molecular weight is 387 g/mol. The molecule has 26 heavy (non-hydrogen) atoms. The molecule has 1 aliphatic heterocycles. The molecule has 0 aliphatic carbocycles. The van der Waals surface area contributed by atoms with Crippen molar-refractivity contribution in [3.8, 4) is 0 Å². The molecule has 10 heteroatoms. The highest BCUT2D eigenvalue weighted by atomic mass is 32.2. The van der Waals surface area contributed by atoms with E-state index >= 15 is 0 Å². The van der Waals surface area contributed by atoms with Gasteiger partial charge in [0.05, 0.1) is 16.6 Å². The first kappa shape index (κ1) is 18.3. The van der Waals surface area contributed by atoms with Gasteiger partial charge in [-0.1, -0.05) is 12.1 Å². The summed E-state index contributed by atoms with van der Waals surface area (Å²) in [6.45, 7) is 0. The summed E-state index contributed by atoms with van der Waals surface area (Å²) in [6, 6.07) is 9.31. The van der Waals surface area contributed by atoms with E-state index in [2.05, 4.69) is 5.10 Å². The van der Waals surface area contributed by atoms with E-state index in [1.54, 1.807) is 0 Å². The van der Waals surface area contributed by atoms with Gasteiger partial charge in [-0.05, 0) is 42.0 Å². The van der Waals surface area contributed by atoms with Crippen LogP contribution in [0.3, 0.4) is 0 Å². The summed E-state index contributed by atoms with van der Waals surface area (Å²) in [5.41, 5.74) is -0.266. The number of halogens is 4. The van der Waals surface area contributed by atoms with Crippen LogP contribution in [0.4, 0.5) is 23.2 Å². The molecule has 138 valence electrons. The maximum absolute atomic E-state index is 13.1. The molecular formula is C16H13F4N3O2S. The minimum Gasteiger partial charge on any atom is -0.257 e. The van der Waals surface area contributed by atoms with Crippen LogP contribution < -0.4 is 10.1 Å². The summed E-state index contributed by atoms with van der Waals surface area (Å²) in [5, 5.41) is 9.81. The third-order valence-electron chi connectivity index (χ3n) is 3.92. The van der Waals surface area contributed by atoms with E-state index in [0.717, 1.165) is 17.1 Å². The molecule has 3 rings (SSSR count). The molecule has 0 amide bonds. The lowest BCUT2D eigenvalue weighted by Gasteiger charge is -2.24. The molecule has 1 heterocycles.